The molecule has 1 aliphatic heterocycles. The van der Waals surface area contributed by atoms with E-state index in [9.17, 15) is 4.79 Å². The summed E-state index contributed by atoms with van der Waals surface area (Å²) in [5, 5.41) is 2.98. The predicted molar refractivity (Wildman–Crippen MR) is 70.1 cm³/mol. The summed E-state index contributed by atoms with van der Waals surface area (Å²) in [6.07, 6.45) is 8.87. The lowest BCUT2D eigenvalue weighted by Gasteiger charge is -2.22. The van der Waals surface area contributed by atoms with Crippen LogP contribution in [0.1, 0.15) is 17.8 Å². The molecule has 2 aromatic rings. The molecule has 0 aromatic carbocycles. The molecule has 0 aliphatic carbocycles. The van der Waals surface area contributed by atoms with Crippen LogP contribution in [0.2, 0.25) is 0 Å². The zero-order chi connectivity index (χ0) is 13.1. The van der Waals surface area contributed by atoms with E-state index in [1.54, 1.807) is 18.6 Å². The van der Waals surface area contributed by atoms with E-state index in [1.807, 2.05) is 18.3 Å². The van der Waals surface area contributed by atoms with Gasteiger partial charge in [0.2, 0.25) is 5.91 Å². The van der Waals surface area contributed by atoms with E-state index in [0.717, 1.165) is 30.8 Å². The monoisotopic (exact) mass is 256 g/mol. The summed E-state index contributed by atoms with van der Waals surface area (Å²) in [6, 6.07) is 3.83. The largest absolute Gasteiger partial charge is 0.352 e. The van der Waals surface area contributed by atoms with Gasteiger partial charge < -0.3 is 9.88 Å². The highest BCUT2D eigenvalue weighted by Crippen LogP contribution is 2.19. The third-order valence-electron chi connectivity index (χ3n) is 3.51. The molecule has 3 heterocycles. The molecule has 0 spiro atoms. The Morgan fingerprint density at radius 1 is 1.47 bits per heavy atom. The van der Waals surface area contributed by atoms with E-state index >= 15 is 0 Å². The third-order valence-corrected chi connectivity index (χ3v) is 3.51. The number of nitrogens with zero attached hydrogens (tertiary/aromatic N) is 3. The van der Waals surface area contributed by atoms with Gasteiger partial charge >= 0.3 is 0 Å². The van der Waals surface area contributed by atoms with Crippen molar-refractivity contribution in [3.8, 4) is 0 Å². The van der Waals surface area contributed by atoms with E-state index in [-0.39, 0.29) is 11.8 Å². The number of amides is 1. The van der Waals surface area contributed by atoms with Gasteiger partial charge in [0.05, 0.1) is 0 Å². The molecule has 98 valence electrons. The number of rotatable bonds is 3. The van der Waals surface area contributed by atoms with Crippen LogP contribution in [0.3, 0.4) is 0 Å². The minimum atomic E-state index is 0.0339. The molecule has 1 aliphatic rings. The fourth-order valence-electron chi connectivity index (χ4n) is 2.41. The Balaban J connectivity index is 1.57. The number of carbonyl (C=O) groups is 1. The molecule has 5 nitrogen and oxygen atoms in total. The Morgan fingerprint density at radius 3 is 3.26 bits per heavy atom. The topological polar surface area (TPSA) is 59.8 Å². The first kappa shape index (κ1) is 11.9. The average Bonchev–Trinajstić information content (AvgIpc) is 2.93. The molecule has 2 aromatic heterocycles. The molecule has 0 fully saturated rings. The first-order chi connectivity index (χ1) is 9.33. The van der Waals surface area contributed by atoms with Crippen LogP contribution in [0, 0.1) is 5.92 Å². The molecule has 1 amide bonds. The molecule has 0 saturated heterocycles. The Bertz CT molecular complexity index is 564. The number of hydrogen-bond donors (Lipinski definition) is 1. The summed E-state index contributed by atoms with van der Waals surface area (Å²) >= 11 is 0. The highest BCUT2D eigenvalue weighted by Gasteiger charge is 2.24. The molecule has 3 rings (SSSR count). The zero-order valence-electron chi connectivity index (χ0n) is 10.6. The molecule has 0 bridgehead atoms. The zero-order valence-corrected chi connectivity index (χ0v) is 10.6. The molecular formula is C14H16N4O. The summed E-state index contributed by atoms with van der Waals surface area (Å²) in [6.45, 7) is 1.41. The molecule has 1 unspecified atom stereocenters. The average molecular weight is 256 g/mol. The number of pyridine rings is 1. The second kappa shape index (κ2) is 5.22. The van der Waals surface area contributed by atoms with Gasteiger partial charge in [0.1, 0.15) is 5.82 Å². The fraction of sp³-hybridized carbons (Fsp3) is 0.357. The van der Waals surface area contributed by atoms with Crippen molar-refractivity contribution < 1.29 is 4.79 Å². The minimum absolute atomic E-state index is 0.0339. The second-order valence-corrected chi connectivity index (χ2v) is 4.81. The number of hydrogen-bond acceptors (Lipinski definition) is 3. The summed E-state index contributed by atoms with van der Waals surface area (Å²) in [5.41, 5.74) is 1.02. The normalized spacial score (nSPS) is 17.8. The number of aromatic nitrogens is 3. The van der Waals surface area contributed by atoms with Crippen LogP contribution >= 0.6 is 0 Å². The van der Waals surface area contributed by atoms with Crippen molar-refractivity contribution in [3.63, 3.8) is 0 Å². The lowest BCUT2D eigenvalue weighted by molar-refractivity contribution is -0.125. The summed E-state index contributed by atoms with van der Waals surface area (Å²) in [4.78, 5) is 20.4. The van der Waals surface area contributed by atoms with E-state index in [0.29, 0.717) is 6.54 Å². The third kappa shape index (κ3) is 2.65. The van der Waals surface area contributed by atoms with Gasteiger partial charge in [-0.25, -0.2) is 4.98 Å². The number of imidazole rings is 1. The van der Waals surface area contributed by atoms with Crippen LogP contribution in [-0.2, 0) is 24.3 Å². The van der Waals surface area contributed by atoms with Crippen molar-refractivity contribution in [1.29, 1.82) is 0 Å². The van der Waals surface area contributed by atoms with E-state index in [1.165, 1.54) is 0 Å². The molecule has 0 saturated carbocycles. The molecular weight excluding hydrogens is 240 g/mol. The summed E-state index contributed by atoms with van der Waals surface area (Å²) in [5.74, 6) is 1.15. The van der Waals surface area contributed by atoms with Crippen LogP contribution in [0.5, 0.6) is 0 Å². The molecule has 1 N–H and O–H groups in total. The Morgan fingerprint density at radius 2 is 2.42 bits per heavy atom. The van der Waals surface area contributed by atoms with Gasteiger partial charge in [-0.15, -0.1) is 0 Å². The first-order valence-electron chi connectivity index (χ1n) is 6.49. The Labute approximate surface area is 111 Å². The van der Waals surface area contributed by atoms with Crippen LogP contribution in [0.15, 0.2) is 36.9 Å². The molecule has 1 atom stereocenters. The maximum Gasteiger partial charge on any atom is 0.223 e. The van der Waals surface area contributed by atoms with Crippen LogP contribution in [0.25, 0.3) is 0 Å². The molecule has 0 radical (unpaired) electrons. The van der Waals surface area contributed by atoms with Gasteiger partial charge in [-0.1, -0.05) is 6.07 Å². The number of aryl methyl sites for hydroxylation is 1. The van der Waals surface area contributed by atoms with E-state index < -0.39 is 0 Å². The lowest BCUT2D eigenvalue weighted by atomic mass is 9.97. The van der Waals surface area contributed by atoms with Gasteiger partial charge in [0.25, 0.3) is 0 Å². The van der Waals surface area contributed by atoms with Crippen LogP contribution in [-0.4, -0.2) is 20.4 Å². The summed E-state index contributed by atoms with van der Waals surface area (Å²) < 4.78 is 2.12. The number of fused-ring (bicyclic) bond motifs is 1. The predicted octanol–water partition coefficient (Wildman–Crippen LogP) is 1.16. The van der Waals surface area contributed by atoms with Gasteiger partial charge in [-0.05, 0) is 18.1 Å². The Kier molecular flexibility index (Phi) is 3.27. The van der Waals surface area contributed by atoms with Crippen LogP contribution < -0.4 is 5.32 Å². The smallest absolute Gasteiger partial charge is 0.223 e. The second-order valence-electron chi connectivity index (χ2n) is 4.81. The highest BCUT2D eigenvalue weighted by atomic mass is 16.1. The van der Waals surface area contributed by atoms with Crippen LogP contribution in [0.4, 0.5) is 0 Å². The lowest BCUT2D eigenvalue weighted by Crippen LogP contribution is -2.35. The maximum atomic E-state index is 12.1. The van der Waals surface area contributed by atoms with Crippen molar-refractivity contribution in [2.75, 3.05) is 0 Å². The SMILES string of the molecule is O=C(NCc1cccnc1)C1CCn2ccnc2C1. The highest BCUT2D eigenvalue weighted by molar-refractivity contribution is 5.78. The number of carbonyl (C=O) groups excluding carboxylic acids is 1. The van der Waals surface area contributed by atoms with Crippen molar-refractivity contribution in [2.24, 2.45) is 5.92 Å². The molecule has 5 heteroatoms. The van der Waals surface area contributed by atoms with Gasteiger partial charge in [-0.3, -0.25) is 9.78 Å². The van der Waals surface area contributed by atoms with Crippen molar-refractivity contribution in [1.82, 2.24) is 19.9 Å². The van der Waals surface area contributed by atoms with Gasteiger partial charge in [0, 0.05) is 50.2 Å². The van der Waals surface area contributed by atoms with Crippen molar-refractivity contribution in [2.45, 2.75) is 25.9 Å². The van der Waals surface area contributed by atoms with Crippen molar-refractivity contribution >= 4 is 5.91 Å². The Hall–Kier alpha value is -2.17. The van der Waals surface area contributed by atoms with E-state index in [4.69, 9.17) is 0 Å². The van der Waals surface area contributed by atoms with Crippen molar-refractivity contribution in [3.05, 3.63) is 48.3 Å². The first-order valence-corrected chi connectivity index (χ1v) is 6.49. The van der Waals surface area contributed by atoms with Gasteiger partial charge in [0.15, 0.2) is 0 Å². The van der Waals surface area contributed by atoms with E-state index in [2.05, 4.69) is 19.9 Å². The quantitative estimate of drug-likeness (QED) is 0.896. The number of nitrogens with one attached hydrogen (secondary N) is 1. The maximum absolute atomic E-state index is 12.1. The fourth-order valence-corrected chi connectivity index (χ4v) is 2.41. The minimum Gasteiger partial charge on any atom is -0.352 e. The van der Waals surface area contributed by atoms with Gasteiger partial charge in [-0.2, -0.15) is 0 Å². The summed E-state index contributed by atoms with van der Waals surface area (Å²) in [7, 11) is 0. The standard InChI is InChI=1S/C14H16N4O/c19-14(17-10-11-2-1-4-15-9-11)12-3-6-18-7-5-16-13(18)8-12/h1-2,4-5,7,9,12H,3,6,8,10H2,(H,17,19). The molecule has 19 heavy (non-hydrogen) atoms.